The van der Waals surface area contributed by atoms with Crippen molar-refractivity contribution in [2.45, 2.75) is 32.4 Å². The highest BCUT2D eigenvalue weighted by Crippen LogP contribution is 2.21. The van der Waals surface area contributed by atoms with E-state index in [2.05, 4.69) is 4.98 Å². The van der Waals surface area contributed by atoms with Gasteiger partial charge in [0.25, 0.3) is 0 Å². The first-order valence-electron chi connectivity index (χ1n) is 6.70. The second-order valence-corrected chi connectivity index (χ2v) is 6.02. The Morgan fingerprint density at radius 3 is 2.29 bits per heavy atom. The Kier molecular flexibility index (Phi) is 5.29. The van der Waals surface area contributed by atoms with E-state index < -0.39 is 17.7 Å². The van der Waals surface area contributed by atoms with Gasteiger partial charge in [-0.15, -0.1) is 0 Å². The monoisotopic (exact) mass is 293 g/mol. The maximum absolute atomic E-state index is 12.0. The van der Waals surface area contributed by atoms with Crippen LogP contribution in [0.2, 0.25) is 0 Å². The molecule has 1 aromatic rings. The highest BCUT2D eigenvalue weighted by atomic mass is 16.6. The number of nitrogens with zero attached hydrogens (tertiary/aromatic N) is 3. The van der Waals surface area contributed by atoms with Gasteiger partial charge < -0.3 is 14.4 Å². The van der Waals surface area contributed by atoms with Gasteiger partial charge in [0, 0.05) is 32.9 Å². The molecule has 1 amide bonds. The fourth-order valence-electron chi connectivity index (χ4n) is 1.68. The lowest BCUT2D eigenvalue weighted by Crippen LogP contribution is -2.37. The lowest BCUT2D eigenvalue weighted by molar-refractivity contribution is -0.112. The highest BCUT2D eigenvalue weighted by Gasteiger charge is 2.26. The van der Waals surface area contributed by atoms with Crippen LogP contribution in [0.3, 0.4) is 0 Å². The quantitative estimate of drug-likeness (QED) is 0.797. The predicted molar refractivity (Wildman–Crippen MR) is 81.4 cm³/mol. The van der Waals surface area contributed by atoms with Gasteiger partial charge in [0.05, 0.1) is 0 Å². The molecule has 1 rings (SSSR count). The largest absolute Gasteiger partial charge is 0.444 e. The Bertz CT molecular complexity index is 492. The summed E-state index contributed by atoms with van der Waals surface area (Å²) in [6.07, 6.45) is 1.75. The van der Waals surface area contributed by atoms with Crippen molar-refractivity contribution in [3.63, 3.8) is 0 Å². The molecule has 0 saturated carbocycles. The zero-order chi connectivity index (χ0) is 16.2. The number of aromatic nitrogens is 1. The SMILES string of the molecule is CN(C)c1ccc(C(C=O)N(C)C(=O)OC(C)(C)C)cn1. The summed E-state index contributed by atoms with van der Waals surface area (Å²) >= 11 is 0. The molecule has 1 atom stereocenters. The maximum atomic E-state index is 12.0. The van der Waals surface area contributed by atoms with Gasteiger partial charge in [0.1, 0.15) is 23.7 Å². The van der Waals surface area contributed by atoms with Crippen molar-refractivity contribution < 1.29 is 14.3 Å². The number of ether oxygens (including phenoxy) is 1. The number of pyridine rings is 1. The zero-order valence-electron chi connectivity index (χ0n) is 13.5. The van der Waals surface area contributed by atoms with Gasteiger partial charge in [-0.05, 0) is 26.8 Å². The van der Waals surface area contributed by atoms with Crippen molar-refractivity contribution in [1.29, 1.82) is 0 Å². The lowest BCUT2D eigenvalue weighted by atomic mass is 10.1. The molecule has 0 fully saturated rings. The second-order valence-electron chi connectivity index (χ2n) is 6.02. The Hall–Kier alpha value is -2.11. The third-order valence-electron chi connectivity index (χ3n) is 2.80. The van der Waals surface area contributed by atoms with Gasteiger partial charge in [-0.3, -0.25) is 4.90 Å². The molecular weight excluding hydrogens is 270 g/mol. The fourth-order valence-corrected chi connectivity index (χ4v) is 1.68. The van der Waals surface area contributed by atoms with Gasteiger partial charge >= 0.3 is 6.09 Å². The number of likely N-dealkylation sites (N-methyl/N-ethyl adjacent to an activating group) is 1. The Balaban J connectivity index is 2.91. The molecule has 21 heavy (non-hydrogen) atoms. The van der Waals surface area contributed by atoms with E-state index in [4.69, 9.17) is 4.74 Å². The molecule has 0 saturated heterocycles. The molecule has 0 bridgehead atoms. The van der Waals surface area contributed by atoms with Crippen LogP contribution in [0.5, 0.6) is 0 Å². The lowest BCUT2D eigenvalue weighted by Gasteiger charge is -2.28. The van der Waals surface area contributed by atoms with Crippen molar-refractivity contribution in [3.8, 4) is 0 Å². The smallest absolute Gasteiger partial charge is 0.410 e. The minimum atomic E-state index is -0.719. The molecule has 0 spiro atoms. The first-order valence-corrected chi connectivity index (χ1v) is 6.70. The summed E-state index contributed by atoms with van der Waals surface area (Å²) in [5.41, 5.74) is 0.0372. The summed E-state index contributed by atoms with van der Waals surface area (Å²) in [7, 11) is 5.30. The van der Waals surface area contributed by atoms with Crippen LogP contribution in [-0.4, -0.2) is 49.0 Å². The molecule has 1 unspecified atom stereocenters. The minimum Gasteiger partial charge on any atom is -0.444 e. The van der Waals surface area contributed by atoms with Gasteiger partial charge in [0.15, 0.2) is 0 Å². The van der Waals surface area contributed by atoms with Crippen molar-refractivity contribution in [1.82, 2.24) is 9.88 Å². The van der Waals surface area contributed by atoms with E-state index in [0.29, 0.717) is 11.8 Å². The van der Waals surface area contributed by atoms with Crippen molar-refractivity contribution in [2.75, 3.05) is 26.0 Å². The van der Waals surface area contributed by atoms with Crippen LogP contribution in [0.1, 0.15) is 32.4 Å². The summed E-state index contributed by atoms with van der Waals surface area (Å²) in [6.45, 7) is 5.34. The molecule has 0 aliphatic heterocycles. The highest BCUT2D eigenvalue weighted by molar-refractivity contribution is 5.74. The molecule has 1 aromatic heterocycles. The van der Waals surface area contributed by atoms with Crippen LogP contribution in [0.4, 0.5) is 10.6 Å². The van der Waals surface area contributed by atoms with Crippen LogP contribution in [-0.2, 0) is 9.53 Å². The number of rotatable bonds is 4. The summed E-state index contributed by atoms with van der Waals surface area (Å²) < 4.78 is 5.27. The standard InChI is InChI=1S/C15H23N3O3/c1-15(2,3)21-14(20)18(6)12(10-19)11-7-8-13(16-9-11)17(4)5/h7-10,12H,1-6H3. The average molecular weight is 293 g/mol. The van der Waals surface area contributed by atoms with Crippen LogP contribution in [0, 0.1) is 0 Å². The fraction of sp³-hybridized carbons (Fsp3) is 0.533. The number of aldehydes is 1. The summed E-state index contributed by atoms with van der Waals surface area (Å²) in [4.78, 5) is 30.8. The maximum Gasteiger partial charge on any atom is 0.410 e. The third-order valence-corrected chi connectivity index (χ3v) is 2.80. The number of carbonyl (C=O) groups is 2. The predicted octanol–water partition coefficient (Wildman–Crippen LogP) is 2.25. The summed E-state index contributed by atoms with van der Waals surface area (Å²) in [5.74, 6) is 0.781. The zero-order valence-corrected chi connectivity index (χ0v) is 13.5. The molecule has 116 valence electrons. The first kappa shape index (κ1) is 16.9. The Morgan fingerprint density at radius 2 is 1.90 bits per heavy atom. The Labute approximate surface area is 125 Å². The number of amides is 1. The molecule has 0 aliphatic carbocycles. The minimum absolute atomic E-state index is 0.545. The van der Waals surface area contributed by atoms with E-state index in [1.807, 2.05) is 19.0 Å². The normalized spacial score (nSPS) is 12.5. The molecule has 0 radical (unpaired) electrons. The Morgan fingerprint density at radius 1 is 1.29 bits per heavy atom. The first-order chi connectivity index (χ1) is 9.65. The molecule has 6 nitrogen and oxygen atoms in total. The molecular formula is C15H23N3O3. The van der Waals surface area contributed by atoms with Crippen LogP contribution < -0.4 is 4.90 Å². The van der Waals surface area contributed by atoms with E-state index in [9.17, 15) is 9.59 Å². The molecule has 1 heterocycles. The molecule has 0 aliphatic rings. The van der Waals surface area contributed by atoms with Crippen LogP contribution >= 0.6 is 0 Å². The van der Waals surface area contributed by atoms with Crippen molar-refractivity contribution >= 4 is 18.2 Å². The molecule has 6 heteroatoms. The van der Waals surface area contributed by atoms with Crippen LogP contribution in [0.15, 0.2) is 18.3 Å². The van der Waals surface area contributed by atoms with E-state index in [1.165, 1.54) is 11.9 Å². The van der Waals surface area contributed by atoms with Gasteiger partial charge in [-0.1, -0.05) is 6.07 Å². The topological polar surface area (TPSA) is 62.7 Å². The van der Waals surface area contributed by atoms with Gasteiger partial charge in [0.2, 0.25) is 0 Å². The van der Waals surface area contributed by atoms with Crippen molar-refractivity contribution in [3.05, 3.63) is 23.9 Å². The van der Waals surface area contributed by atoms with E-state index in [-0.39, 0.29) is 0 Å². The van der Waals surface area contributed by atoms with Crippen molar-refractivity contribution in [2.24, 2.45) is 0 Å². The summed E-state index contributed by atoms with van der Waals surface area (Å²) in [6, 6.07) is 2.86. The number of anilines is 1. The average Bonchev–Trinajstić information content (AvgIpc) is 2.38. The van der Waals surface area contributed by atoms with E-state index in [0.717, 1.165) is 5.82 Å². The molecule has 0 N–H and O–H groups in total. The van der Waals surface area contributed by atoms with E-state index >= 15 is 0 Å². The van der Waals surface area contributed by atoms with Gasteiger partial charge in [-0.25, -0.2) is 9.78 Å². The van der Waals surface area contributed by atoms with Crippen LogP contribution in [0.25, 0.3) is 0 Å². The third kappa shape index (κ3) is 4.73. The van der Waals surface area contributed by atoms with E-state index in [1.54, 1.807) is 39.1 Å². The molecule has 0 aromatic carbocycles. The summed E-state index contributed by atoms with van der Waals surface area (Å²) in [5, 5.41) is 0. The second kappa shape index (κ2) is 6.56. The number of hydrogen-bond donors (Lipinski definition) is 0. The number of carbonyl (C=O) groups excluding carboxylic acids is 2. The number of hydrogen-bond acceptors (Lipinski definition) is 5. The van der Waals surface area contributed by atoms with Gasteiger partial charge in [-0.2, -0.15) is 0 Å².